The first-order valence-electron chi connectivity index (χ1n) is 9.33. The van der Waals surface area contributed by atoms with Gasteiger partial charge in [0.25, 0.3) is 0 Å². The summed E-state index contributed by atoms with van der Waals surface area (Å²) in [5.74, 6) is 3.89. The highest BCUT2D eigenvalue weighted by atomic mass is 16.5. The Kier molecular flexibility index (Phi) is 3.85. The van der Waals surface area contributed by atoms with E-state index in [1.807, 2.05) is 6.07 Å². The number of fused-ring (bicyclic) bond motifs is 1. The SMILES string of the molecule is c1cc2c(cc1[C@H]1CCCN1Cc1nc(C3CC3)no1)OCCCO2. The molecule has 1 atom stereocenters. The molecule has 5 rings (SSSR count). The Hall–Kier alpha value is -2.08. The molecule has 1 aliphatic carbocycles. The number of aromatic nitrogens is 2. The average molecular weight is 341 g/mol. The van der Waals surface area contributed by atoms with Gasteiger partial charge in [-0.05, 0) is 49.9 Å². The molecule has 0 bridgehead atoms. The van der Waals surface area contributed by atoms with E-state index in [4.69, 9.17) is 14.0 Å². The molecule has 0 unspecified atom stereocenters. The molecule has 6 heteroatoms. The van der Waals surface area contributed by atoms with Crippen LogP contribution in [0.2, 0.25) is 0 Å². The average Bonchev–Trinajstić information content (AvgIpc) is 3.29. The summed E-state index contributed by atoms with van der Waals surface area (Å²) in [7, 11) is 0. The molecule has 1 saturated heterocycles. The van der Waals surface area contributed by atoms with E-state index >= 15 is 0 Å². The third-order valence-corrected chi connectivity index (χ3v) is 5.28. The quantitative estimate of drug-likeness (QED) is 0.849. The zero-order valence-corrected chi connectivity index (χ0v) is 14.3. The number of benzene rings is 1. The van der Waals surface area contributed by atoms with Gasteiger partial charge in [0.05, 0.1) is 19.8 Å². The van der Waals surface area contributed by atoms with Gasteiger partial charge in [-0.25, -0.2) is 0 Å². The van der Waals surface area contributed by atoms with Gasteiger partial charge in [-0.1, -0.05) is 11.2 Å². The maximum atomic E-state index is 5.85. The van der Waals surface area contributed by atoms with Crippen LogP contribution in [0.3, 0.4) is 0 Å². The number of hydrogen-bond acceptors (Lipinski definition) is 6. The van der Waals surface area contributed by atoms with Crippen molar-refractivity contribution in [2.45, 2.75) is 50.6 Å². The molecule has 3 heterocycles. The van der Waals surface area contributed by atoms with Crippen LogP contribution < -0.4 is 9.47 Å². The zero-order chi connectivity index (χ0) is 16.6. The minimum Gasteiger partial charge on any atom is -0.490 e. The van der Waals surface area contributed by atoms with E-state index in [2.05, 4.69) is 27.2 Å². The molecule has 0 radical (unpaired) electrons. The highest BCUT2D eigenvalue weighted by molar-refractivity contribution is 5.44. The van der Waals surface area contributed by atoms with Crippen molar-refractivity contribution in [2.75, 3.05) is 19.8 Å². The van der Waals surface area contributed by atoms with Crippen molar-refractivity contribution in [3.05, 3.63) is 35.5 Å². The van der Waals surface area contributed by atoms with Crippen LogP contribution in [0.4, 0.5) is 0 Å². The second kappa shape index (κ2) is 6.33. The zero-order valence-electron chi connectivity index (χ0n) is 14.3. The van der Waals surface area contributed by atoms with Crippen molar-refractivity contribution >= 4 is 0 Å². The molecule has 0 amide bonds. The van der Waals surface area contributed by atoms with Gasteiger partial charge in [-0.3, -0.25) is 4.90 Å². The van der Waals surface area contributed by atoms with Gasteiger partial charge >= 0.3 is 0 Å². The van der Waals surface area contributed by atoms with Crippen molar-refractivity contribution in [1.29, 1.82) is 0 Å². The van der Waals surface area contributed by atoms with Crippen LogP contribution in [0.5, 0.6) is 11.5 Å². The molecule has 25 heavy (non-hydrogen) atoms. The molecular weight excluding hydrogens is 318 g/mol. The molecule has 132 valence electrons. The predicted octanol–water partition coefficient (Wildman–Crippen LogP) is 3.45. The molecular formula is C19H23N3O3. The maximum Gasteiger partial charge on any atom is 0.240 e. The van der Waals surface area contributed by atoms with Crippen LogP contribution in [0.25, 0.3) is 0 Å². The van der Waals surface area contributed by atoms with Crippen LogP contribution >= 0.6 is 0 Å². The van der Waals surface area contributed by atoms with E-state index in [9.17, 15) is 0 Å². The highest BCUT2D eigenvalue weighted by Crippen LogP contribution is 2.40. The third kappa shape index (κ3) is 3.11. The molecule has 1 aromatic heterocycles. The van der Waals surface area contributed by atoms with Crippen LogP contribution in [0, 0.1) is 0 Å². The number of ether oxygens (including phenoxy) is 2. The van der Waals surface area contributed by atoms with E-state index in [1.54, 1.807) is 0 Å². The van der Waals surface area contributed by atoms with E-state index in [1.165, 1.54) is 24.8 Å². The van der Waals surface area contributed by atoms with E-state index < -0.39 is 0 Å². The number of nitrogens with zero attached hydrogens (tertiary/aromatic N) is 3. The van der Waals surface area contributed by atoms with Gasteiger partial charge in [-0.2, -0.15) is 4.98 Å². The minimum absolute atomic E-state index is 0.369. The van der Waals surface area contributed by atoms with Gasteiger partial charge in [0.2, 0.25) is 5.89 Å². The summed E-state index contributed by atoms with van der Waals surface area (Å²) >= 11 is 0. The third-order valence-electron chi connectivity index (χ3n) is 5.28. The lowest BCUT2D eigenvalue weighted by Gasteiger charge is -2.23. The summed E-state index contributed by atoms with van der Waals surface area (Å²) < 4.78 is 17.1. The first kappa shape index (κ1) is 15.2. The largest absolute Gasteiger partial charge is 0.490 e. The van der Waals surface area contributed by atoms with Gasteiger partial charge in [0, 0.05) is 18.4 Å². The summed E-state index contributed by atoms with van der Waals surface area (Å²) in [6.07, 6.45) is 5.65. The van der Waals surface area contributed by atoms with Gasteiger partial charge in [0.1, 0.15) is 0 Å². The molecule has 3 aliphatic rings. The fourth-order valence-electron chi connectivity index (χ4n) is 3.79. The fraction of sp³-hybridized carbons (Fsp3) is 0.579. The van der Waals surface area contributed by atoms with Crippen LogP contribution in [0.15, 0.2) is 22.7 Å². The molecule has 2 aromatic rings. The van der Waals surface area contributed by atoms with E-state index in [-0.39, 0.29) is 0 Å². The second-order valence-corrected chi connectivity index (χ2v) is 7.21. The van der Waals surface area contributed by atoms with Crippen molar-refractivity contribution < 1.29 is 14.0 Å². The lowest BCUT2D eigenvalue weighted by molar-refractivity contribution is 0.211. The summed E-state index contributed by atoms with van der Waals surface area (Å²) in [4.78, 5) is 7.02. The molecule has 2 fully saturated rings. The Labute approximate surface area is 147 Å². The van der Waals surface area contributed by atoms with Crippen molar-refractivity contribution in [1.82, 2.24) is 15.0 Å². The van der Waals surface area contributed by atoms with Crippen molar-refractivity contribution in [2.24, 2.45) is 0 Å². The molecule has 2 aliphatic heterocycles. The molecule has 1 saturated carbocycles. The standard InChI is InChI=1S/C19H23N3O3/c1-3-15(14-6-7-16-17(11-14)24-10-2-9-23-16)22(8-1)12-18-20-19(21-25-18)13-4-5-13/h6-7,11,13,15H,1-5,8-10,12H2/t15-/m1/s1. The Morgan fingerprint density at radius 2 is 1.92 bits per heavy atom. The summed E-state index contributed by atoms with van der Waals surface area (Å²) in [6, 6.07) is 6.73. The first-order valence-corrected chi connectivity index (χ1v) is 9.33. The first-order chi connectivity index (χ1) is 12.4. The Balaban J connectivity index is 1.34. The molecule has 0 N–H and O–H groups in total. The van der Waals surface area contributed by atoms with Crippen LogP contribution in [-0.4, -0.2) is 34.8 Å². The maximum absolute atomic E-state index is 5.85. The van der Waals surface area contributed by atoms with Crippen molar-refractivity contribution in [3.63, 3.8) is 0 Å². The van der Waals surface area contributed by atoms with Gasteiger partial charge < -0.3 is 14.0 Å². The minimum atomic E-state index is 0.369. The topological polar surface area (TPSA) is 60.6 Å². The summed E-state index contributed by atoms with van der Waals surface area (Å²) in [5, 5.41) is 4.14. The molecule has 0 spiro atoms. The highest BCUT2D eigenvalue weighted by Gasteiger charge is 2.31. The van der Waals surface area contributed by atoms with Crippen molar-refractivity contribution in [3.8, 4) is 11.5 Å². The lowest BCUT2D eigenvalue weighted by Crippen LogP contribution is -2.23. The molecule has 1 aromatic carbocycles. The molecule has 6 nitrogen and oxygen atoms in total. The second-order valence-electron chi connectivity index (χ2n) is 7.21. The van der Waals surface area contributed by atoms with Crippen LogP contribution in [-0.2, 0) is 6.54 Å². The Morgan fingerprint density at radius 3 is 2.80 bits per heavy atom. The summed E-state index contributed by atoms with van der Waals surface area (Å²) in [5.41, 5.74) is 1.28. The normalized spacial score (nSPS) is 23.6. The number of rotatable bonds is 4. The van der Waals surface area contributed by atoms with E-state index in [0.717, 1.165) is 62.4 Å². The fourth-order valence-corrected chi connectivity index (χ4v) is 3.79. The summed E-state index contributed by atoms with van der Waals surface area (Å²) in [6.45, 7) is 3.22. The van der Waals surface area contributed by atoms with E-state index in [0.29, 0.717) is 12.0 Å². The van der Waals surface area contributed by atoms with Gasteiger partial charge in [0.15, 0.2) is 17.3 Å². The number of likely N-dealkylation sites (tertiary alicyclic amines) is 1. The smallest absolute Gasteiger partial charge is 0.240 e. The number of hydrogen-bond donors (Lipinski definition) is 0. The Bertz CT molecular complexity index is 756. The monoisotopic (exact) mass is 341 g/mol. The van der Waals surface area contributed by atoms with Crippen LogP contribution in [0.1, 0.15) is 61.3 Å². The Morgan fingerprint density at radius 1 is 1.04 bits per heavy atom. The predicted molar refractivity (Wildman–Crippen MR) is 90.7 cm³/mol. The van der Waals surface area contributed by atoms with Gasteiger partial charge in [-0.15, -0.1) is 0 Å². The lowest BCUT2D eigenvalue weighted by atomic mass is 10.0.